The summed E-state index contributed by atoms with van der Waals surface area (Å²) in [5.41, 5.74) is 6.87. The molecule has 1 aromatic carbocycles. The van der Waals surface area contributed by atoms with Crippen molar-refractivity contribution in [2.24, 2.45) is 0 Å². The van der Waals surface area contributed by atoms with Crippen LogP contribution in [0, 0.1) is 13.8 Å². The average Bonchev–Trinajstić information content (AvgIpc) is 2.94. The number of sulfonamides is 1. The Bertz CT molecular complexity index is 1620. The third-order valence-corrected chi connectivity index (χ3v) is 9.72. The molecule has 3 aromatic rings. The van der Waals surface area contributed by atoms with Gasteiger partial charge in [-0.2, -0.15) is 0 Å². The minimum Gasteiger partial charge on any atom is -0.336 e. The summed E-state index contributed by atoms with van der Waals surface area (Å²) >= 11 is 0. The second-order valence-corrected chi connectivity index (χ2v) is 14.5. The largest absolute Gasteiger partial charge is 0.336 e. The first-order valence-electron chi connectivity index (χ1n) is 15.4. The summed E-state index contributed by atoms with van der Waals surface area (Å²) in [5.74, 6) is 0.631. The van der Waals surface area contributed by atoms with Crippen LogP contribution in [0.25, 0.3) is 0 Å². The van der Waals surface area contributed by atoms with E-state index in [0.717, 1.165) is 63.1 Å². The van der Waals surface area contributed by atoms with Gasteiger partial charge in [0.15, 0.2) is 0 Å². The van der Waals surface area contributed by atoms with Crippen LogP contribution < -0.4 is 10.0 Å². The Balaban J connectivity index is 0.987. The van der Waals surface area contributed by atoms with E-state index < -0.39 is 10.0 Å². The maximum Gasteiger partial charge on any atom is 0.254 e. The molecule has 0 aliphatic carbocycles. The van der Waals surface area contributed by atoms with Crippen molar-refractivity contribution in [3.63, 3.8) is 0 Å². The topological polar surface area (TPSA) is 124 Å². The number of hydrogen-bond acceptors (Lipinski definition) is 9. The molecule has 234 valence electrons. The van der Waals surface area contributed by atoms with Crippen LogP contribution in [0.15, 0.2) is 42.7 Å². The second kappa shape index (κ2) is 12.5. The highest BCUT2D eigenvalue weighted by Crippen LogP contribution is 2.30. The molecule has 6 rings (SSSR count). The van der Waals surface area contributed by atoms with Gasteiger partial charge in [0, 0.05) is 86.5 Å². The fourth-order valence-corrected chi connectivity index (χ4v) is 7.17. The zero-order valence-corrected chi connectivity index (χ0v) is 26.8. The number of fused-ring (bicyclic) bond motifs is 1. The van der Waals surface area contributed by atoms with E-state index in [1.807, 2.05) is 11.1 Å². The van der Waals surface area contributed by atoms with Crippen molar-refractivity contribution in [1.29, 1.82) is 0 Å². The van der Waals surface area contributed by atoms with Gasteiger partial charge in [0.05, 0.1) is 24.2 Å². The lowest BCUT2D eigenvalue weighted by Gasteiger charge is -2.52. The molecule has 3 aliphatic rings. The molecule has 1 amide bonds. The van der Waals surface area contributed by atoms with Crippen molar-refractivity contribution < 1.29 is 13.2 Å². The van der Waals surface area contributed by atoms with Gasteiger partial charge in [0.1, 0.15) is 0 Å². The number of hydrogen-bond donors (Lipinski definition) is 2. The van der Waals surface area contributed by atoms with E-state index >= 15 is 0 Å². The fourth-order valence-electron chi connectivity index (χ4n) is 6.76. The molecule has 12 heteroatoms. The minimum atomic E-state index is -3.34. The predicted octanol–water partition coefficient (Wildman–Crippen LogP) is 3.02. The van der Waals surface area contributed by atoms with E-state index in [4.69, 9.17) is 4.98 Å². The monoisotopic (exact) mass is 618 g/mol. The summed E-state index contributed by atoms with van der Waals surface area (Å²) in [7, 11) is -3.34. The maximum atomic E-state index is 13.3. The van der Waals surface area contributed by atoms with E-state index in [-0.39, 0.29) is 18.5 Å². The molecule has 0 radical (unpaired) electrons. The number of piperidine rings is 1. The lowest BCUT2D eigenvalue weighted by Crippen LogP contribution is -2.64. The standard InChI is InChI=1S/C32H42N8O3S/c1-21-11-22(2)13-26(12-21)36-32-34-16-25-18-38(9-7-30(25)37-32)29-19-39(20-29)28-6-10-40(23(3)14-28)31(41)24-5-8-33-27(15-24)17-35-44(4,42)43/h5,8,11-13,15-16,23,28-29,35H,6-7,9-10,14,17-20H2,1-4H3,(H,34,36,37)/t23-,28?/m1/s1. The lowest BCUT2D eigenvalue weighted by molar-refractivity contribution is -0.0259. The van der Waals surface area contributed by atoms with E-state index in [9.17, 15) is 13.2 Å². The maximum absolute atomic E-state index is 13.3. The molecular weight excluding hydrogens is 576 g/mol. The summed E-state index contributed by atoms with van der Waals surface area (Å²) in [5, 5.41) is 3.38. The highest BCUT2D eigenvalue weighted by molar-refractivity contribution is 7.88. The minimum absolute atomic E-state index is 0.0259. The van der Waals surface area contributed by atoms with Gasteiger partial charge in [-0.05, 0) is 69.0 Å². The fraction of sp³-hybridized carbons (Fsp3) is 0.500. The number of amides is 1. The summed E-state index contributed by atoms with van der Waals surface area (Å²) < 4.78 is 25.3. The molecule has 2 atom stereocenters. The Hall–Kier alpha value is -3.45. The van der Waals surface area contributed by atoms with E-state index in [1.54, 1.807) is 18.3 Å². The first-order chi connectivity index (χ1) is 21.0. The van der Waals surface area contributed by atoms with Gasteiger partial charge >= 0.3 is 0 Å². The van der Waals surface area contributed by atoms with Crippen molar-refractivity contribution in [3.8, 4) is 0 Å². The number of nitrogens with zero attached hydrogens (tertiary/aromatic N) is 6. The van der Waals surface area contributed by atoms with Crippen molar-refractivity contribution in [3.05, 3.63) is 76.4 Å². The van der Waals surface area contributed by atoms with E-state index in [0.29, 0.717) is 35.8 Å². The van der Waals surface area contributed by atoms with Crippen LogP contribution in [-0.4, -0.2) is 94.5 Å². The molecule has 3 aliphatic heterocycles. The molecule has 2 aromatic heterocycles. The zero-order valence-electron chi connectivity index (χ0n) is 26.0. The number of aromatic nitrogens is 3. The first kappa shape index (κ1) is 30.6. The zero-order chi connectivity index (χ0) is 31.0. The number of anilines is 2. The van der Waals surface area contributed by atoms with Crippen molar-refractivity contribution in [2.45, 2.75) is 71.2 Å². The third kappa shape index (κ3) is 7.09. The van der Waals surface area contributed by atoms with Crippen molar-refractivity contribution in [2.75, 3.05) is 37.8 Å². The molecule has 0 bridgehead atoms. The van der Waals surface area contributed by atoms with Gasteiger partial charge in [-0.1, -0.05) is 6.07 Å². The Morgan fingerprint density at radius 1 is 1.02 bits per heavy atom. The van der Waals surface area contributed by atoms with Gasteiger partial charge in [0.2, 0.25) is 16.0 Å². The van der Waals surface area contributed by atoms with Crippen LogP contribution in [0.1, 0.15) is 58.2 Å². The molecular formula is C32H42N8O3S. The molecule has 2 fully saturated rings. The SMILES string of the molecule is Cc1cc(C)cc(Nc2ncc3c(n2)CCN(C2CN(C4CCN(C(=O)c5ccnc(CNS(C)(=O)=O)c5)[C@H](C)C4)C2)C3)c1. The van der Waals surface area contributed by atoms with Crippen LogP contribution in [0.2, 0.25) is 0 Å². The second-order valence-electron chi connectivity index (χ2n) is 12.7. The molecule has 2 N–H and O–H groups in total. The number of carbonyl (C=O) groups excluding carboxylic acids is 1. The number of carbonyl (C=O) groups is 1. The van der Waals surface area contributed by atoms with Crippen molar-refractivity contribution >= 4 is 27.6 Å². The van der Waals surface area contributed by atoms with E-state index in [2.05, 4.69) is 68.8 Å². The molecule has 11 nitrogen and oxygen atoms in total. The van der Waals surface area contributed by atoms with Crippen LogP contribution >= 0.6 is 0 Å². The highest BCUT2D eigenvalue weighted by atomic mass is 32.2. The Kier molecular flexibility index (Phi) is 8.69. The van der Waals surface area contributed by atoms with Crippen molar-refractivity contribution in [1.82, 2.24) is 34.4 Å². The average molecular weight is 619 g/mol. The number of benzene rings is 1. The molecule has 44 heavy (non-hydrogen) atoms. The van der Waals surface area contributed by atoms with E-state index in [1.165, 1.54) is 16.7 Å². The summed E-state index contributed by atoms with van der Waals surface area (Å²) in [6.45, 7) is 11.1. The molecule has 1 unspecified atom stereocenters. The normalized spacial score (nSPS) is 21.5. The van der Waals surface area contributed by atoms with Gasteiger partial charge < -0.3 is 10.2 Å². The van der Waals surface area contributed by atoms with Crippen LogP contribution in [0.4, 0.5) is 11.6 Å². The highest BCUT2D eigenvalue weighted by Gasteiger charge is 2.40. The van der Waals surface area contributed by atoms with Crippen LogP contribution in [0.3, 0.4) is 0 Å². The number of aryl methyl sites for hydroxylation is 2. The summed E-state index contributed by atoms with van der Waals surface area (Å²) in [4.78, 5) is 34.1. The molecule has 5 heterocycles. The van der Waals surface area contributed by atoms with Crippen LogP contribution in [0.5, 0.6) is 0 Å². The third-order valence-electron chi connectivity index (χ3n) is 9.05. The predicted molar refractivity (Wildman–Crippen MR) is 170 cm³/mol. The number of likely N-dealkylation sites (tertiary alicyclic amines) is 2. The summed E-state index contributed by atoms with van der Waals surface area (Å²) in [6, 6.07) is 10.9. The first-order valence-corrected chi connectivity index (χ1v) is 17.3. The number of nitrogens with one attached hydrogen (secondary N) is 2. The molecule has 0 saturated carbocycles. The van der Waals surface area contributed by atoms with Gasteiger partial charge in [-0.25, -0.2) is 23.1 Å². The molecule has 2 saturated heterocycles. The smallest absolute Gasteiger partial charge is 0.254 e. The Labute approximate surface area is 260 Å². The quantitative estimate of drug-likeness (QED) is 0.392. The molecule has 0 spiro atoms. The van der Waals surface area contributed by atoms with Crippen LogP contribution in [-0.2, 0) is 29.5 Å². The lowest BCUT2D eigenvalue weighted by atomic mass is 9.91. The Morgan fingerprint density at radius 3 is 2.52 bits per heavy atom. The summed E-state index contributed by atoms with van der Waals surface area (Å²) in [6.07, 6.45) is 7.47. The van der Waals surface area contributed by atoms with Gasteiger partial charge in [-0.15, -0.1) is 0 Å². The number of rotatable bonds is 8. The number of pyridine rings is 1. The van der Waals surface area contributed by atoms with Gasteiger partial charge in [0.25, 0.3) is 5.91 Å². The van der Waals surface area contributed by atoms with Gasteiger partial charge in [-0.3, -0.25) is 19.6 Å². The Morgan fingerprint density at radius 2 is 1.80 bits per heavy atom.